The highest BCUT2D eigenvalue weighted by molar-refractivity contribution is 5.67. The molecular formula is C33H37F3O2. The van der Waals surface area contributed by atoms with Gasteiger partial charge < -0.3 is 9.47 Å². The molecule has 38 heavy (non-hydrogen) atoms. The van der Waals surface area contributed by atoms with Crippen molar-refractivity contribution in [2.75, 3.05) is 13.2 Å². The molecule has 1 aliphatic carbocycles. The van der Waals surface area contributed by atoms with Crippen molar-refractivity contribution in [1.29, 1.82) is 0 Å². The minimum Gasteiger partial charge on any atom is -0.494 e. The predicted octanol–water partition coefficient (Wildman–Crippen LogP) is 9.55. The van der Waals surface area contributed by atoms with E-state index < -0.39 is 11.6 Å². The summed E-state index contributed by atoms with van der Waals surface area (Å²) in [4.78, 5) is 0. The molecule has 1 aliphatic rings. The molecule has 0 heterocycles. The van der Waals surface area contributed by atoms with Crippen LogP contribution in [0.2, 0.25) is 0 Å². The monoisotopic (exact) mass is 522 g/mol. The Morgan fingerprint density at radius 3 is 2.29 bits per heavy atom. The number of allylic oxidation sites excluding steroid dienone is 2. The molecular weight excluding hydrogens is 485 g/mol. The largest absolute Gasteiger partial charge is 0.494 e. The van der Waals surface area contributed by atoms with Gasteiger partial charge in [0.25, 0.3) is 0 Å². The maximum absolute atomic E-state index is 14.9. The molecule has 0 fully saturated rings. The van der Waals surface area contributed by atoms with Crippen molar-refractivity contribution >= 4 is 5.57 Å². The molecule has 1 atom stereocenters. The van der Waals surface area contributed by atoms with E-state index in [4.69, 9.17) is 9.47 Å². The Labute approximate surface area is 224 Å². The third kappa shape index (κ3) is 7.00. The van der Waals surface area contributed by atoms with E-state index in [1.54, 1.807) is 48.5 Å². The van der Waals surface area contributed by atoms with E-state index in [-0.39, 0.29) is 11.4 Å². The summed E-state index contributed by atoms with van der Waals surface area (Å²) in [6, 6.07) is 15.6. The van der Waals surface area contributed by atoms with Gasteiger partial charge in [-0.1, -0.05) is 56.7 Å². The summed E-state index contributed by atoms with van der Waals surface area (Å²) in [7, 11) is 0. The van der Waals surface area contributed by atoms with Crippen LogP contribution in [0, 0.1) is 23.4 Å². The minimum atomic E-state index is -0.806. The molecule has 3 aromatic rings. The Morgan fingerprint density at radius 2 is 1.61 bits per heavy atom. The van der Waals surface area contributed by atoms with Crippen molar-refractivity contribution in [3.8, 4) is 22.6 Å². The molecule has 0 aliphatic heterocycles. The molecule has 0 radical (unpaired) electrons. The van der Waals surface area contributed by atoms with Gasteiger partial charge in [0.05, 0.1) is 13.2 Å². The molecule has 2 nitrogen and oxygen atoms in total. The van der Waals surface area contributed by atoms with Gasteiger partial charge in [-0.15, -0.1) is 0 Å². The second-order valence-corrected chi connectivity index (χ2v) is 10.0. The molecule has 0 saturated heterocycles. The Bertz CT molecular complexity index is 1230. The number of ether oxygens (including phenoxy) is 2. The van der Waals surface area contributed by atoms with E-state index in [0.717, 1.165) is 61.8 Å². The van der Waals surface area contributed by atoms with E-state index in [1.807, 2.05) is 13.0 Å². The zero-order valence-electron chi connectivity index (χ0n) is 22.4. The summed E-state index contributed by atoms with van der Waals surface area (Å²) in [6.45, 7) is 5.24. The lowest BCUT2D eigenvalue weighted by atomic mass is 9.83. The molecule has 1 unspecified atom stereocenters. The first-order chi connectivity index (χ1) is 18.5. The Hall–Kier alpha value is -3.21. The summed E-state index contributed by atoms with van der Waals surface area (Å²) in [5.41, 5.74) is 3.31. The van der Waals surface area contributed by atoms with Gasteiger partial charge in [-0.3, -0.25) is 0 Å². The van der Waals surface area contributed by atoms with Crippen LogP contribution in [-0.4, -0.2) is 13.2 Å². The molecule has 0 aromatic heterocycles. The number of rotatable bonds is 12. The average Bonchev–Trinajstić information content (AvgIpc) is 2.94. The summed E-state index contributed by atoms with van der Waals surface area (Å²) in [5.74, 6) is -0.496. The van der Waals surface area contributed by atoms with Crippen LogP contribution >= 0.6 is 0 Å². The second kappa shape index (κ2) is 13.5. The van der Waals surface area contributed by atoms with Crippen molar-refractivity contribution in [3.63, 3.8) is 0 Å². The Kier molecular flexibility index (Phi) is 9.91. The summed E-state index contributed by atoms with van der Waals surface area (Å²) >= 11 is 0. The van der Waals surface area contributed by atoms with Crippen LogP contribution in [0.5, 0.6) is 11.5 Å². The number of hydrogen-bond donors (Lipinski definition) is 0. The van der Waals surface area contributed by atoms with Gasteiger partial charge >= 0.3 is 0 Å². The van der Waals surface area contributed by atoms with Crippen molar-refractivity contribution in [1.82, 2.24) is 0 Å². The van der Waals surface area contributed by atoms with E-state index >= 15 is 0 Å². The number of benzene rings is 3. The fraction of sp³-hybridized carbons (Fsp3) is 0.394. The van der Waals surface area contributed by atoms with Gasteiger partial charge in [-0.2, -0.15) is 0 Å². The number of aryl methyl sites for hydroxylation is 1. The van der Waals surface area contributed by atoms with Crippen LogP contribution in [0.1, 0.15) is 69.9 Å². The normalized spacial score (nSPS) is 15.3. The Morgan fingerprint density at radius 1 is 0.816 bits per heavy atom. The Balaban J connectivity index is 1.33. The molecule has 0 N–H and O–H groups in total. The van der Waals surface area contributed by atoms with Gasteiger partial charge in [-0.25, -0.2) is 13.2 Å². The third-order valence-corrected chi connectivity index (χ3v) is 7.20. The van der Waals surface area contributed by atoms with Crippen LogP contribution < -0.4 is 9.47 Å². The standard InChI is InChI=1S/C33H37F3O2/c1-3-5-21-38-31-19-15-27(22-30(31)34)24-9-6-23(7-10-24)8-11-26-14-18-29(33(36)32(26)35)25-12-16-28(17-13-25)37-20-4-2/h9,12-19,22-23H,3-8,10-11,20-21H2,1-2H3. The molecule has 0 spiro atoms. The van der Waals surface area contributed by atoms with Crippen molar-refractivity contribution < 1.29 is 22.6 Å². The number of unbranched alkanes of at least 4 members (excludes halogenated alkanes) is 1. The predicted molar refractivity (Wildman–Crippen MR) is 148 cm³/mol. The van der Waals surface area contributed by atoms with Gasteiger partial charge in [0.15, 0.2) is 23.2 Å². The smallest absolute Gasteiger partial charge is 0.166 e. The summed E-state index contributed by atoms with van der Waals surface area (Å²) in [6.07, 6.45) is 8.87. The molecule has 4 rings (SSSR count). The van der Waals surface area contributed by atoms with Crippen LogP contribution in [0.4, 0.5) is 13.2 Å². The van der Waals surface area contributed by atoms with Crippen LogP contribution in [0.3, 0.4) is 0 Å². The fourth-order valence-corrected chi connectivity index (χ4v) is 4.87. The van der Waals surface area contributed by atoms with Crippen molar-refractivity contribution in [2.24, 2.45) is 5.92 Å². The topological polar surface area (TPSA) is 18.5 Å². The molecule has 3 aromatic carbocycles. The molecule has 5 heteroatoms. The first kappa shape index (κ1) is 27.8. The lowest BCUT2D eigenvalue weighted by Gasteiger charge is -2.22. The van der Waals surface area contributed by atoms with Gasteiger partial charge in [0.2, 0.25) is 0 Å². The summed E-state index contributed by atoms with van der Waals surface area (Å²) < 4.78 is 55.4. The first-order valence-electron chi connectivity index (χ1n) is 13.8. The van der Waals surface area contributed by atoms with E-state index in [1.165, 1.54) is 0 Å². The highest BCUT2D eigenvalue weighted by Gasteiger charge is 2.19. The number of hydrogen-bond acceptors (Lipinski definition) is 2. The maximum atomic E-state index is 14.9. The van der Waals surface area contributed by atoms with Crippen LogP contribution in [0.15, 0.2) is 60.7 Å². The van der Waals surface area contributed by atoms with Crippen LogP contribution in [0.25, 0.3) is 16.7 Å². The van der Waals surface area contributed by atoms with Crippen molar-refractivity contribution in [2.45, 2.75) is 65.2 Å². The molecule has 0 saturated carbocycles. The molecule has 0 bridgehead atoms. The average molecular weight is 523 g/mol. The van der Waals surface area contributed by atoms with Crippen LogP contribution in [-0.2, 0) is 6.42 Å². The molecule has 202 valence electrons. The second-order valence-electron chi connectivity index (χ2n) is 10.0. The van der Waals surface area contributed by atoms with Gasteiger partial charge in [-0.05, 0) is 97.4 Å². The lowest BCUT2D eigenvalue weighted by Crippen LogP contribution is -2.08. The number of halogens is 3. The van der Waals surface area contributed by atoms with Crippen molar-refractivity contribution in [3.05, 3.63) is 89.3 Å². The zero-order valence-corrected chi connectivity index (χ0v) is 22.4. The van der Waals surface area contributed by atoms with E-state index in [2.05, 4.69) is 13.0 Å². The van der Waals surface area contributed by atoms with Gasteiger partial charge in [0.1, 0.15) is 5.75 Å². The maximum Gasteiger partial charge on any atom is 0.166 e. The van der Waals surface area contributed by atoms with Gasteiger partial charge in [0, 0.05) is 5.56 Å². The third-order valence-electron chi connectivity index (χ3n) is 7.20. The quantitative estimate of drug-likeness (QED) is 0.221. The summed E-state index contributed by atoms with van der Waals surface area (Å²) in [5, 5.41) is 0. The SMILES string of the molecule is CCCCOc1ccc(C2=CCC(CCc3ccc(-c4ccc(OCCC)cc4)c(F)c3F)CC2)cc1F. The first-order valence-corrected chi connectivity index (χ1v) is 13.8. The fourth-order valence-electron chi connectivity index (χ4n) is 4.87. The van der Waals surface area contributed by atoms with E-state index in [9.17, 15) is 13.2 Å². The zero-order chi connectivity index (χ0) is 26.9. The lowest BCUT2D eigenvalue weighted by molar-refractivity contribution is 0.294. The molecule has 0 amide bonds. The highest BCUT2D eigenvalue weighted by atomic mass is 19.2. The minimum absolute atomic E-state index is 0.257. The highest BCUT2D eigenvalue weighted by Crippen LogP contribution is 2.35. The van der Waals surface area contributed by atoms with E-state index in [0.29, 0.717) is 42.4 Å².